The molecule has 1 N–H and O–H groups in total. The number of para-hydroxylation sites is 1. The van der Waals surface area contributed by atoms with E-state index in [0.717, 1.165) is 48.7 Å². The Labute approximate surface area is 129 Å². The fourth-order valence-electron chi connectivity index (χ4n) is 2.15. The predicted molar refractivity (Wildman–Crippen MR) is 88.0 cm³/mol. The number of hydrogen-bond acceptors (Lipinski definition) is 4. The van der Waals surface area contributed by atoms with E-state index in [1.807, 2.05) is 24.3 Å². The Morgan fingerprint density at radius 3 is 2.81 bits per heavy atom. The highest BCUT2D eigenvalue weighted by molar-refractivity contribution is 7.99. The van der Waals surface area contributed by atoms with E-state index in [0.29, 0.717) is 5.39 Å². The highest BCUT2D eigenvalue weighted by Crippen LogP contribution is 2.19. The molecule has 1 heterocycles. The lowest BCUT2D eigenvalue weighted by Crippen LogP contribution is -2.23. The average Bonchev–Trinajstić information content (AvgIpc) is 2.51. The molecule has 0 aliphatic heterocycles. The summed E-state index contributed by atoms with van der Waals surface area (Å²) in [5.41, 5.74) is 0.818. The van der Waals surface area contributed by atoms with E-state index in [-0.39, 0.29) is 12.2 Å². The monoisotopic (exact) mass is 306 g/mol. The maximum absolute atomic E-state index is 12.6. The minimum absolute atomic E-state index is 0.0544. The Morgan fingerprint density at radius 1 is 1.24 bits per heavy atom. The Morgan fingerprint density at radius 2 is 2.05 bits per heavy atom. The van der Waals surface area contributed by atoms with Gasteiger partial charge in [0, 0.05) is 18.9 Å². The summed E-state index contributed by atoms with van der Waals surface area (Å²) in [4.78, 5) is 17.3. The summed E-state index contributed by atoms with van der Waals surface area (Å²) < 4.78 is 1.80. The molecule has 0 bridgehead atoms. The van der Waals surface area contributed by atoms with Gasteiger partial charge in [0.25, 0.3) is 5.56 Å². The number of fused-ring (bicyclic) bond motifs is 1. The van der Waals surface area contributed by atoms with Crippen LogP contribution in [0.3, 0.4) is 0 Å². The molecule has 4 nitrogen and oxygen atoms in total. The molecule has 0 amide bonds. The van der Waals surface area contributed by atoms with Crippen molar-refractivity contribution in [1.82, 2.24) is 9.55 Å². The number of unbranched alkanes of at least 4 members (excludes halogenated alkanes) is 2. The summed E-state index contributed by atoms with van der Waals surface area (Å²) in [6.45, 7) is 3.05. The van der Waals surface area contributed by atoms with Gasteiger partial charge < -0.3 is 5.11 Å². The van der Waals surface area contributed by atoms with E-state index in [1.54, 1.807) is 16.3 Å². The van der Waals surface area contributed by atoms with Gasteiger partial charge in [-0.3, -0.25) is 9.36 Å². The zero-order valence-corrected chi connectivity index (χ0v) is 13.2. The fourth-order valence-corrected chi connectivity index (χ4v) is 3.17. The molecule has 2 aromatic rings. The van der Waals surface area contributed by atoms with Crippen molar-refractivity contribution >= 4 is 22.7 Å². The lowest BCUT2D eigenvalue weighted by atomic mass is 10.2. The molecule has 0 saturated heterocycles. The van der Waals surface area contributed by atoms with Gasteiger partial charge in [-0.2, -0.15) is 0 Å². The van der Waals surface area contributed by atoms with E-state index in [1.165, 1.54) is 0 Å². The third-order valence-electron chi connectivity index (χ3n) is 3.35. The van der Waals surface area contributed by atoms with Crippen LogP contribution in [0.4, 0.5) is 0 Å². The van der Waals surface area contributed by atoms with Crippen LogP contribution in [0.15, 0.2) is 34.2 Å². The molecule has 0 atom stereocenters. The molecule has 0 saturated carbocycles. The molecule has 0 radical (unpaired) electrons. The van der Waals surface area contributed by atoms with Crippen LogP contribution in [0, 0.1) is 0 Å². The van der Waals surface area contributed by atoms with Gasteiger partial charge >= 0.3 is 0 Å². The molecule has 5 heteroatoms. The van der Waals surface area contributed by atoms with Crippen molar-refractivity contribution in [2.24, 2.45) is 0 Å². The third kappa shape index (κ3) is 4.08. The van der Waals surface area contributed by atoms with Crippen LogP contribution in [0.1, 0.15) is 32.6 Å². The molecule has 0 aliphatic carbocycles. The van der Waals surface area contributed by atoms with Crippen molar-refractivity contribution in [2.75, 3.05) is 12.4 Å². The van der Waals surface area contributed by atoms with Gasteiger partial charge in [0.2, 0.25) is 0 Å². The standard InChI is InChI=1S/C16H22N2O2S/c1-2-3-10-18-15(20)13-8-4-5-9-14(13)17-16(18)21-12-7-6-11-19/h4-5,8-9,19H,2-3,6-7,10-12H2,1H3. The molecule has 0 unspecified atom stereocenters. The highest BCUT2D eigenvalue weighted by atomic mass is 32.2. The molecular formula is C16H22N2O2S. The van der Waals surface area contributed by atoms with Crippen molar-refractivity contribution in [3.05, 3.63) is 34.6 Å². The van der Waals surface area contributed by atoms with E-state index in [9.17, 15) is 4.79 Å². The first kappa shape index (κ1) is 16.0. The van der Waals surface area contributed by atoms with Gasteiger partial charge in [-0.25, -0.2) is 4.98 Å². The van der Waals surface area contributed by atoms with Crippen LogP contribution < -0.4 is 5.56 Å². The molecule has 21 heavy (non-hydrogen) atoms. The summed E-state index contributed by atoms with van der Waals surface area (Å²) in [5, 5.41) is 10.3. The Balaban J connectivity index is 2.33. The van der Waals surface area contributed by atoms with Crippen LogP contribution in [0.2, 0.25) is 0 Å². The number of benzene rings is 1. The van der Waals surface area contributed by atoms with Gasteiger partial charge in [0.15, 0.2) is 5.16 Å². The first-order valence-electron chi connectivity index (χ1n) is 7.51. The number of rotatable bonds is 8. The number of aromatic nitrogens is 2. The number of thioether (sulfide) groups is 1. The SMILES string of the molecule is CCCCn1c(SCCCCO)nc2ccccc2c1=O. The van der Waals surface area contributed by atoms with Gasteiger partial charge in [-0.1, -0.05) is 37.2 Å². The van der Waals surface area contributed by atoms with Crippen molar-refractivity contribution in [3.8, 4) is 0 Å². The first-order chi connectivity index (χ1) is 10.3. The highest BCUT2D eigenvalue weighted by Gasteiger charge is 2.10. The van der Waals surface area contributed by atoms with Crippen molar-refractivity contribution < 1.29 is 5.11 Å². The summed E-state index contributed by atoms with van der Waals surface area (Å²) in [7, 11) is 0. The van der Waals surface area contributed by atoms with Crippen LogP contribution in [-0.2, 0) is 6.54 Å². The minimum Gasteiger partial charge on any atom is -0.396 e. The van der Waals surface area contributed by atoms with Crippen molar-refractivity contribution in [2.45, 2.75) is 44.3 Å². The fraction of sp³-hybridized carbons (Fsp3) is 0.500. The predicted octanol–water partition coefficient (Wildman–Crippen LogP) is 3.06. The molecule has 1 aromatic heterocycles. The molecule has 1 aromatic carbocycles. The zero-order valence-electron chi connectivity index (χ0n) is 12.4. The Hall–Kier alpha value is -1.33. The van der Waals surface area contributed by atoms with Gasteiger partial charge in [0.05, 0.1) is 10.9 Å². The van der Waals surface area contributed by atoms with Crippen molar-refractivity contribution in [3.63, 3.8) is 0 Å². The third-order valence-corrected chi connectivity index (χ3v) is 4.41. The van der Waals surface area contributed by atoms with Gasteiger partial charge in [-0.15, -0.1) is 0 Å². The van der Waals surface area contributed by atoms with Crippen molar-refractivity contribution in [1.29, 1.82) is 0 Å². The topological polar surface area (TPSA) is 55.1 Å². The molecule has 2 rings (SSSR count). The summed E-state index contributed by atoms with van der Waals surface area (Å²) in [5.74, 6) is 0.872. The molecule has 0 aliphatic rings. The second kappa shape index (κ2) is 8.20. The first-order valence-corrected chi connectivity index (χ1v) is 8.49. The van der Waals surface area contributed by atoms with Gasteiger partial charge in [-0.05, 0) is 31.4 Å². The summed E-state index contributed by atoms with van der Waals surface area (Å²) >= 11 is 1.61. The number of aliphatic hydroxyl groups is 1. The van der Waals surface area contributed by atoms with E-state index in [4.69, 9.17) is 5.11 Å². The van der Waals surface area contributed by atoms with E-state index in [2.05, 4.69) is 11.9 Å². The van der Waals surface area contributed by atoms with Gasteiger partial charge in [0.1, 0.15) is 0 Å². The average molecular weight is 306 g/mol. The minimum atomic E-state index is 0.0544. The summed E-state index contributed by atoms with van der Waals surface area (Å²) in [6.07, 6.45) is 3.75. The normalized spacial score (nSPS) is 11.1. The van der Waals surface area contributed by atoms with Crippen LogP contribution in [-0.4, -0.2) is 27.0 Å². The smallest absolute Gasteiger partial charge is 0.262 e. The largest absolute Gasteiger partial charge is 0.396 e. The van der Waals surface area contributed by atoms with E-state index >= 15 is 0 Å². The maximum Gasteiger partial charge on any atom is 0.262 e. The second-order valence-electron chi connectivity index (χ2n) is 5.00. The summed E-state index contributed by atoms with van der Waals surface area (Å²) in [6, 6.07) is 7.51. The number of aliphatic hydroxyl groups excluding tert-OH is 1. The molecular weight excluding hydrogens is 284 g/mol. The lowest BCUT2D eigenvalue weighted by Gasteiger charge is -2.12. The second-order valence-corrected chi connectivity index (χ2v) is 6.06. The maximum atomic E-state index is 12.6. The van der Waals surface area contributed by atoms with Crippen LogP contribution >= 0.6 is 11.8 Å². The Bertz CT molecular complexity index is 640. The quantitative estimate of drug-likeness (QED) is 0.463. The Kier molecular flexibility index (Phi) is 6.26. The number of nitrogens with zero attached hydrogens (tertiary/aromatic N) is 2. The molecule has 0 fully saturated rings. The number of hydrogen-bond donors (Lipinski definition) is 1. The van der Waals surface area contributed by atoms with E-state index < -0.39 is 0 Å². The lowest BCUT2D eigenvalue weighted by molar-refractivity contribution is 0.287. The molecule has 114 valence electrons. The van der Waals surface area contributed by atoms with Crippen LogP contribution in [0.5, 0.6) is 0 Å². The zero-order chi connectivity index (χ0) is 15.1. The van der Waals surface area contributed by atoms with Crippen LogP contribution in [0.25, 0.3) is 10.9 Å². The molecule has 0 spiro atoms.